The van der Waals surface area contributed by atoms with Gasteiger partial charge in [-0.2, -0.15) is 0 Å². The molecule has 2 heteroatoms. The van der Waals surface area contributed by atoms with E-state index in [4.69, 9.17) is 0 Å². The van der Waals surface area contributed by atoms with Crippen molar-refractivity contribution in [1.29, 1.82) is 0 Å². The monoisotopic (exact) mass is 336 g/mol. The lowest BCUT2D eigenvalue weighted by Gasteiger charge is -2.00. The van der Waals surface area contributed by atoms with Crippen LogP contribution in [0.4, 0.5) is 0 Å². The van der Waals surface area contributed by atoms with Crippen LogP contribution in [0, 0.1) is 2.88 Å². The maximum atomic E-state index is 2.36. The van der Waals surface area contributed by atoms with Gasteiger partial charge in [0.05, 0.1) is 2.88 Å². The number of hydrogen-bond acceptors (Lipinski definition) is 1. The molecule has 3 rings (SSSR count). The predicted molar refractivity (Wildman–Crippen MR) is 80.0 cm³/mol. The van der Waals surface area contributed by atoms with Crippen LogP contribution in [-0.2, 0) is 0 Å². The summed E-state index contributed by atoms with van der Waals surface area (Å²) in [4.78, 5) is 1.34. The van der Waals surface area contributed by atoms with Crippen molar-refractivity contribution < 1.29 is 0 Å². The van der Waals surface area contributed by atoms with Crippen LogP contribution >= 0.6 is 33.9 Å². The standard InChI is InChI=1S/C14H9IS/c15-14-8-7-13(16-14)12-6-5-10-3-1-2-4-11(10)9-12/h1-9H. The lowest BCUT2D eigenvalue weighted by Crippen LogP contribution is -1.74. The van der Waals surface area contributed by atoms with E-state index in [0.29, 0.717) is 0 Å². The second kappa shape index (κ2) is 4.18. The van der Waals surface area contributed by atoms with Crippen molar-refractivity contribution in [3.05, 3.63) is 57.5 Å². The molecule has 0 saturated heterocycles. The molecule has 0 N–H and O–H groups in total. The van der Waals surface area contributed by atoms with Crippen LogP contribution in [0.15, 0.2) is 54.6 Å². The minimum atomic E-state index is 1.30. The summed E-state index contributed by atoms with van der Waals surface area (Å²) in [6.07, 6.45) is 0. The van der Waals surface area contributed by atoms with Crippen LogP contribution in [-0.4, -0.2) is 0 Å². The zero-order valence-electron chi connectivity index (χ0n) is 8.48. The molecule has 1 aromatic heterocycles. The van der Waals surface area contributed by atoms with Crippen molar-refractivity contribution in [2.75, 3.05) is 0 Å². The van der Waals surface area contributed by atoms with Gasteiger partial charge in [-0.05, 0) is 57.1 Å². The van der Waals surface area contributed by atoms with E-state index in [1.807, 2.05) is 11.3 Å². The van der Waals surface area contributed by atoms with Crippen molar-refractivity contribution in [2.45, 2.75) is 0 Å². The molecule has 0 amide bonds. The van der Waals surface area contributed by atoms with Gasteiger partial charge in [-0.3, -0.25) is 0 Å². The second-order valence-electron chi connectivity index (χ2n) is 3.67. The highest BCUT2D eigenvalue weighted by atomic mass is 127. The van der Waals surface area contributed by atoms with E-state index in [-0.39, 0.29) is 0 Å². The third kappa shape index (κ3) is 1.87. The number of thiophene rings is 1. The van der Waals surface area contributed by atoms with Crippen molar-refractivity contribution in [1.82, 2.24) is 0 Å². The van der Waals surface area contributed by atoms with Gasteiger partial charge in [-0.25, -0.2) is 0 Å². The van der Waals surface area contributed by atoms with Gasteiger partial charge in [0.2, 0.25) is 0 Å². The lowest BCUT2D eigenvalue weighted by atomic mass is 10.1. The summed E-state index contributed by atoms with van der Waals surface area (Å²) < 4.78 is 1.33. The molecular weight excluding hydrogens is 327 g/mol. The molecule has 16 heavy (non-hydrogen) atoms. The fourth-order valence-corrected chi connectivity index (χ4v) is 3.43. The zero-order chi connectivity index (χ0) is 11.0. The highest BCUT2D eigenvalue weighted by molar-refractivity contribution is 14.1. The van der Waals surface area contributed by atoms with E-state index in [0.717, 1.165) is 0 Å². The predicted octanol–water partition coefficient (Wildman–Crippen LogP) is 5.17. The van der Waals surface area contributed by atoms with Gasteiger partial charge in [0, 0.05) is 4.88 Å². The number of hydrogen-bond donors (Lipinski definition) is 0. The first-order valence-electron chi connectivity index (χ1n) is 5.07. The van der Waals surface area contributed by atoms with Crippen LogP contribution in [0.1, 0.15) is 0 Å². The molecule has 3 aromatic rings. The maximum absolute atomic E-state index is 2.36. The first-order chi connectivity index (χ1) is 7.83. The normalized spacial score (nSPS) is 10.8. The molecule has 0 bridgehead atoms. The first-order valence-corrected chi connectivity index (χ1v) is 6.97. The molecule has 0 unspecified atom stereocenters. The fraction of sp³-hybridized carbons (Fsp3) is 0. The van der Waals surface area contributed by atoms with Crippen LogP contribution < -0.4 is 0 Å². The molecule has 1 heterocycles. The number of benzene rings is 2. The Morgan fingerprint density at radius 1 is 0.812 bits per heavy atom. The SMILES string of the molecule is Ic1ccc(-c2ccc3ccccc3c2)s1. The van der Waals surface area contributed by atoms with Crippen molar-refractivity contribution in [3.8, 4) is 10.4 Å². The van der Waals surface area contributed by atoms with Crippen LogP contribution in [0.2, 0.25) is 0 Å². The van der Waals surface area contributed by atoms with E-state index in [2.05, 4.69) is 77.2 Å². The summed E-state index contributed by atoms with van der Waals surface area (Å²) in [6, 6.07) is 19.5. The molecular formula is C14H9IS. The quantitative estimate of drug-likeness (QED) is 0.538. The molecule has 0 aliphatic rings. The molecule has 0 spiro atoms. The largest absolute Gasteiger partial charge is 0.129 e. The highest BCUT2D eigenvalue weighted by Gasteiger charge is 2.01. The summed E-state index contributed by atoms with van der Waals surface area (Å²) in [5.41, 5.74) is 1.31. The Bertz CT molecular complexity index is 640. The molecule has 0 aliphatic carbocycles. The third-order valence-electron chi connectivity index (χ3n) is 2.61. The molecule has 0 aliphatic heterocycles. The van der Waals surface area contributed by atoms with Crippen molar-refractivity contribution in [3.63, 3.8) is 0 Å². The average molecular weight is 336 g/mol. The fourth-order valence-electron chi connectivity index (χ4n) is 1.81. The minimum Gasteiger partial charge on any atom is -0.129 e. The third-order valence-corrected chi connectivity index (χ3v) is 4.55. The topological polar surface area (TPSA) is 0 Å². The summed E-state index contributed by atoms with van der Waals surface area (Å²) in [5, 5.41) is 2.61. The maximum Gasteiger partial charge on any atom is 0.0660 e. The molecule has 0 nitrogen and oxygen atoms in total. The van der Waals surface area contributed by atoms with E-state index >= 15 is 0 Å². The van der Waals surface area contributed by atoms with E-state index in [1.54, 1.807) is 0 Å². The van der Waals surface area contributed by atoms with Gasteiger partial charge in [-0.1, -0.05) is 36.4 Å². The van der Waals surface area contributed by atoms with Gasteiger partial charge in [0.15, 0.2) is 0 Å². The molecule has 0 radical (unpaired) electrons. The Hall–Kier alpha value is -0.870. The van der Waals surface area contributed by atoms with Gasteiger partial charge in [0.25, 0.3) is 0 Å². The van der Waals surface area contributed by atoms with E-state index in [9.17, 15) is 0 Å². The van der Waals surface area contributed by atoms with Crippen molar-refractivity contribution >= 4 is 44.7 Å². The molecule has 2 aromatic carbocycles. The van der Waals surface area contributed by atoms with E-state index < -0.39 is 0 Å². The summed E-state index contributed by atoms with van der Waals surface area (Å²) >= 11 is 4.20. The number of fused-ring (bicyclic) bond motifs is 1. The summed E-state index contributed by atoms with van der Waals surface area (Å²) in [7, 11) is 0. The zero-order valence-corrected chi connectivity index (χ0v) is 11.5. The van der Waals surface area contributed by atoms with Gasteiger partial charge < -0.3 is 0 Å². The Balaban J connectivity index is 2.18. The Morgan fingerprint density at radius 3 is 2.38 bits per heavy atom. The van der Waals surface area contributed by atoms with Crippen molar-refractivity contribution in [2.24, 2.45) is 0 Å². The van der Waals surface area contributed by atoms with Crippen LogP contribution in [0.25, 0.3) is 21.2 Å². The van der Waals surface area contributed by atoms with Crippen LogP contribution in [0.5, 0.6) is 0 Å². The molecule has 0 fully saturated rings. The number of rotatable bonds is 1. The second-order valence-corrected chi connectivity index (χ2v) is 6.64. The van der Waals surface area contributed by atoms with Gasteiger partial charge in [0.1, 0.15) is 0 Å². The smallest absolute Gasteiger partial charge is 0.0660 e. The summed E-state index contributed by atoms with van der Waals surface area (Å²) in [5.74, 6) is 0. The first kappa shape index (κ1) is 10.3. The van der Waals surface area contributed by atoms with Gasteiger partial charge in [-0.15, -0.1) is 11.3 Å². The molecule has 0 saturated carbocycles. The average Bonchev–Trinajstić information content (AvgIpc) is 2.75. The molecule has 78 valence electrons. The Morgan fingerprint density at radius 2 is 1.62 bits per heavy atom. The lowest BCUT2D eigenvalue weighted by molar-refractivity contribution is 1.73. The highest BCUT2D eigenvalue weighted by Crippen LogP contribution is 2.30. The van der Waals surface area contributed by atoms with E-state index in [1.165, 1.54) is 24.1 Å². The van der Waals surface area contributed by atoms with Crippen LogP contribution in [0.3, 0.4) is 0 Å². The minimum absolute atomic E-state index is 1.30. The molecule has 0 atom stereocenters. The Kier molecular flexibility index (Phi) is 2.69. The Labute approximate surface area is 112 Å². The number of halogens is 1. The summed E-state index contributed by atoms with van der Waals surface area (Å²) in [6.45, 7) is 0. The van der Waals surface area contributed by atoms with Gasteiger partial charge >= 0.3 is 0 Å².